The maximum absolute atomic E-state index is 12.4. The standard InChI is InChI=1S/C24H30N2O5/c1-29-21-10-6-18(14-22(21)30-2)16-26-20(9-11-23(26)27)12-13-25-15-17-4-7-19(8-5-17)24(28)31-3/h4-8,10,14,20,25H,9,11-13,15-16H2,1-3H3. The van der Waals surface area contributed by atoms with Crippen LogP contribution in [0.2, 0.25) is 0 Å². The number of hydrogen-bond acceptors (Lipinski definition) is 6. The first-order chi connectivity index (χ1) is 15.0. The topological polar surface area (TPSA) is 77.1 Å². The number of esters is 1. The third-order valence-corrected chi connectivity index (χ3v) is 5.61. The molecule has 31 heavy (non-hydrogen) atoms. The van der Waals surface area contributed by atoms with E-state index in [2.05, 4.69) is 5.32 Å². The number of hydrogen-bond donors (Lipinski definition) is 1. The number of carbonyl (C=O) groups is 2. The van der Waals surface area contributed by atoms with Crippen LogP contribution in [0.5, 0.6) is 11.5 Å². The number of rotatable bonds is 10. The van der Waals surface area contributed by atoms with Crippen molar-refractivity contribution in [1.82, 2.24) is 10.2 Å². The third-order valence-electron chi connectivity index (χ3n) is 5.61. The predicted molar refractivity (Wildman–Crippen MR) is 117 cm³/mol. The first-order valence-corrected chi connectivity index (χ1v) is 10.4. The number of ether oxygens (including phenoxy) is 3. The van der Waals surface area contributed by atoms with Crippen LogP contribution in [-0.4, -0.2) is 50.7 Å². The minimum absolute atomic E-state index is 0.193. The summed E-state index contributed by atoms with van der Waals surface area (Å²) in [6.45, 7) is 2.08. The molecule has 1 heterocycles. The molecule has 1 N–H and O–H groups in total. The van der Waals surface area contributed by atoms with Crippen LogP contribution in [0.1, 0.15) is 40.7 Å². The second-order valence-electron chi connectivity index (χ2n) is 7.56. The van der Waals surface area contributed by atoms with Gasteiger partial charge in [-0.1, -0.05) is 18.2 Å². The summed E-state index contributed by atoms with van der Waals surface area (Å²) in [5, 5.41) is 3.43. The van der Waals surface area contributed by atoms with Gasteiger partial charge in [-0.05, 0) is 54.8 Å². The van der Waals surface area contributed by atoms with Crippen molar-refractivity contribution in [3.05, 3.63) is 59.2 Å². The Morgan fingerprint density at radius 1 is 1.03 bits per heavy atom. The second kappa shape index (κ2) is 10.8. The van der Waals surface area contributed by atoms with E-state index in [9.17, 15) is 9.59 Å². The highest BCUT2D eigenvalue weighted by Crippen LogP contribution is 2.30. The van der Waals surface area contributed by atoms with E-state index >= 15 is 0 Å². The Balaban J connectivity index is 1.51. The summed E-state index contributed by atoms with van der Waals surface area (Å²) in [4.78, 5) is 25.9. The molecule has 7 heteroatoms. The van der Waals surface area contributed by atoms with Crippen LogP contribution in [0.25, 0.3) is 0 Å². The lowest BCUT2D eigenvalue weighted by Gasteiger charge is -2.25. The van der Waals surface area contributed by atoms with E-state index < -0.39 is 0 Å². The molecular formula is C24H30N2O5. The normalized spacial score (nSPS) is 15.8. The zero-order valence-corrected chi connectivity index (χ0v) is 18.3. The Labute approximate surface area is 183 Å². The Morgan fingerprint density at radius 3 is 2.42 bits per heavy atom. The molecule has 7 nitrogen and oxygen atoms in total. The summed E-state index contributed by atoms with van der Waals surface area (Å²) in [5.41, 5.74) is 2.66. The average Bonchev–Trinajstić information content (AvgIpc) is 3.15. The van der Waals surface area contributed by atoms with Crippen LogP contribution in [-0.2, 0) is 22.6 Å². The fourth-order valence-electron chi connectivity index (χ4n) is 3.86. The number of benzene rings is 2. The van der Waals surface area contributed by atoms with Crippen LogP contribution in [0, 0.1) is 0 Å². The van der Waals surface area contributed by atoms with Crippen molar-refractivity contribution in [3.8, 4) is 11.5 Å². The van der Waals surface area contributed by atoms with Gasteiger partial charge < -0.3 is 24.4 Å². The lowest BCUT2D eigenvalue weighted by atomic mass is 10.1. The number of likely N-dealkylation sites (tertiary alicyclic amines) is 1. The Bertz CT molecular complexity index is 897. The summed E-state index contributed by atoms with van der Waals surface area (Å²) in [6, 6.07) is 13.4. The van der Waals surface area contributed by atoms with Crippen molar-refractivity contribution in [2.75, 3.05) is 27.9 Å². The quantitative estimate of drug-likeness (QED) is 0.465. The molecule has 2 aromatic carbocycles. The number of nitrogens with zero attached hydrogens (tertiary/aromatic N) is 1. The van der Waals surface area contributed by atoms with Crippen molar-refractivity contribution in [2.45, 2.75) is 38.4 Å². The van der Waals surface area contributed by atoms with Crippen molar-refractivity contribution in [1.29, 1.82) is 0 Å². The summed E-state index contributed by atoms with van der Waals surface area (Å²) in [5.74, 6) is 1.21. The molecule has 0 saturated carbocycles. The molecule has 1 unspecified atom stereocenters. The highest BCUT2D eigenvalue weighted by Gasteiger charge is 2.30. The summed E-state index contributed by atoms with van der Waals surface area (Å²) in [6.07, 6.45) is 2.36. The predicted octanol–water partition coefficient (Wildman–Crippen LogP) is 3.16. The van der Waals surface area contributed by atoms with Crippen molar-refractivity contribution in [2.24, 2.45) is 0 Å². The van der Waals surface area contributed by atoms with Crippen molar-refractivity contribution in [3.63, 3.8) is 0 Å². The number of carbonyl (C=O) groups excluding carboxylic acids is 2. The highest BCUT2D eigenvalue weighted by atomic mass is 16.5. The average molecular weight is 427 g/mol. The molecule has 166 valence electrons. The van der Waals surface area contributed by atoms with Gasteiger partial charge in [0.25, 0.3) is 0 Å². The van der Waals surface area contributed by atoms with Crippen LogP contribution < -0.4 is 14.8 Å². The van der Waals surface area contributed by atoms with Gasteiger partial charge in [0, 0.05) is 25.6 Å². The first kappa shape index (κ1) is 22.6. The number of amides is 1. The van der Waals surface area contributed by atoms with E-state index in [0.29, 0.717) is 36.6 Å². The minimum atomic E-state index is -0.333. The Morgan fingerprint density at radius 2 is 1.74 bits per heavy atom. The van der Waals surface area contributed by atoms with Crippen molar-refractivity contribution >= 4 is 11.9 Å². The fourth-order valence-corrected chi connectivity index (χ4v) is 3.86. The SMILES string of the molecule is COC(=O)c1ccc(CNCCC2CCC(=O)N2Cc2ccc(OC)c(OC)c2)cc1. The van der Waals surface area contributed by atoms with Gasteiger partial charge in [0.2, 0.25) is 5.91 Å². The maximum Gasteiger partial charge on any atom is 0.337 e. The van der Waals surface area contributed by atoms with E-state index in [1.54, 1.807) is 26.4 Å². The molecule has 0 aromatic heterocycles. The fraction of sp³-hybridized carbons (Fsp3) is 0.417. The van der Waals surface area contributed by atoms with Gasteiger partial charge in [-0.2, -0.15) is 0 Å². The van der Waals surface area contributed by atoms with E-state index in [1.807, 2.05) is 35.2 Å². The molecule has 0 bridgehead atoms. The second-order valence-corrected chi connectivity index (χ2v) is 7.56. The molecule has 0 aliphatic carbocycles. The lowest BCUT2D eigenvalue weighted by molar-refractivity contribution is -0.129. The van der Waals surface area contributed by atoms with Gasteiger partial charge >= 0.3 is 5.97 Å². The van der Waals surface area contributed by atoms with Crippen LogP contribution in [0.4, 0.5) is 0 Å². The van der Waals surface area contributed by atoms with Gasteiger partial charge in [0.05, 0.1) is 26.9 Å². The van der Waals surface area contributed by atoms with Crippen LogP contribution >= 0.6 is 0 Å². The number of methoxy groups -OCH3 is 3. The van der Waals surface area contributed by atoms with Crippen LogP contribution in [0.15, 0.2) is 42.5 Å². The zero-order chi connectivity index (χ0) is 22.2. The monoisotopic (exact) mass is 426 g/mol. The third kappa shape index (κ3) is 5.76. The highest BCUT2D eigenvalue weighted by molar-refractivity contribution is 5.89. The summed E-state index contributed by atoms with van der Waals surface area (Å²) < 4.78 is 15.4. The summed E-state index contributed by atoms with van der Waals surface area (Å²) >= 11 is 0. The van der Waals surface area contributed by atoms with E-state index in [4.69, 9.17) is 14.2 Å². The van der Waals surface area contributed by atoms with E-state index in [1.165, 1.54) is 7.11 Å². The Hall–Kier alpha value is -3.06. The van der Waals surface area contributed by atoms with Gasteiger partial charge in [0.1, 0.15) is 0 Å². The molecule has 0 radical (unpaired) electrons. The van der Waals surface area contributed by atoms with Gasteiger partial charge in [-0.3, -0.25) is 4.79 Å². The molecule has 1 atom stereocenters. The van der Waals surface area contributed by atoms with E-state index in [-0.39, 0.29) is 17.9 Å². The van der Waals surface area contributed by atoms with Crippen molar-refractivity contribution < 1.29 is 23.8 Å². The molecule has 3 rings (SSSR count). The molecule has 1 amide bonds. The largest absolute Gasteiger partial charge is 0.493 e. The smallest absolute Gasteiger partial charge is 0.337 e. The molecule has 1 fully saturated rings. The molecule has 1 aliphatic heterocycles. The maximum atomic E-state index is 12.4. The summed E-state index contributed by atoms with van der Waals surface area (Å²) in [7, 11) is 4.60. The molecular weight excluding hydrogens is 396 g/mol. The molecule has 2 aromatic rings. The first-order valence-electron chi connectivity index (χ1n) is 10.4. The molecule has 1 aliphatic rings. The lowest BCUT2D eigenvalue weighted by Crippen LogP contribution is -2.34. The van der Waals surface area contributed by atoms with Gasteiger partial charge in [-0.25, -0.2) is 4.79 Å². The van der Waals surface area contributed by atoms with Crippen LogP contribution in [0.3, 0.4) is 0 Å². The van der Waals surface area contributed by atoms with E-state index in [0.717, 1.165) is 30.5 Å². The molecule has 1 saturated heterocycles. The zero-order valence-electron chi connectivity index (χ0n) is 18.3. The van der Waals surface area contributed by atoms with Gasteiger partial charge in [0.15, 0.2) is 11.5 Å². The minimum Gasteiger partial charge on any atom is -0.493 e. The number of nitrogens with one attached hydrogen (secondary N) is 1. The van der Waals surface area contributed by atoms with Gasteiger partial charge in [-0.15, -0.1) is 0 Å². The Kier molecular flexibility index (Phi) is 7.89. The molecule has 0 spiro atoms.